The van der Waals surface area contributed by atoms with Gasteiger partial charge in [-0.15, -0.1) is 0 Å². The maximum absolute atomic E-state index is 11.3. The molecule has 4 heteroatoms. The summed E-state index contributed by atoms with van der Waals surface area (Å²) in [5, 5.41) is 12.2. The molecule has 2 N–H and O–H groups in total. The first-order valence-electron chi connectivity index (χ1n) is 5.89. The number of carbonyl (C=O) groups is 1. The summed E-state index contributed by atoms with van der Waals surface area (Å²) < 4.78 is 5.05. The smallest absolute Gasteiger partial charge is 0.407 e. The van der Waals surface area contributed by atoms with Crippen LogP contribution in [0.2, 0.25) is 0 Å². The van der Waals surface area contributed by atoms with Crippen LogP contribution in [0.15, 0.2) is 36.5 Å². The third-order valence-corrected chi connectivity index (χ3v) is 1.88. The van der Waals surface area contributed by atoms with Gasteiger partial charge in [-0.3, -0.25) is 0 Å². The van der Waals surface area contributed by atoms with Gasteiger partial charge in [-0.1, -0.05) is 30.9 Å². The van der Waals surface area contributed by atoms with E-state index in [1.165, 1.54) is 0 Å². The van der Waals surface area contributed by atoms with E-state index in [9.17, 15) is 9.90 Å². The Bertz CT molecular complexity index is 337. The maximum Gasteiger partial charge on any atom is 0.407 e. The largest absolute Gasteiger partial charge is 0.444 e. The minimum atomic E-state index is -0.820. The van der Waals surface area contributed by atoms with E-state index in [4.69, 9.17) is 4.74 Å². The second-order valence-corrected chi connectivity index (χ2v) is 4.86. The average molecular weight is 253 g/mol. The Morgan fingerprint density at radius 2 is 2.06 bits per heavy atom. The molecule has 0 aromatic heterocycles. The molecule has 0 spiro atoms. The van der Waals surface area contributed by atoms with Crippen molar-refractivity contribution < 1.29 is 14.6 Å². The zero-order valence-electron chi connectivity index (χ0n) is 11.6. The van der Waals surface area contributed by atoms with Crippen molar-refractivity contribution in [3.05, 3.63) is 36.5 Å². The molecule has 4 nitrogen and oxygen atoms in total. The highest BCUT2D eigenvalue weighted by Gasteiger charge is 2.16. The van der Waals surface area contributed by atoms with Gasteiger partial charge in [0, 0.05) is 0 Å². The van der Waals surface area contributed by atoms with Crippen LogP contribution in [0.3, 0.4) is 0 Å². The van der Waals surface area contributed by atoms with Gasteiger partial charge >= 0.3 is 6.09 Å². The molecule has 1 amide bonds. The van der Waals surface area contributed by atoms with E-state index >= 15 is 0 Å². The normalized spacial score (nSPS) is 13.8. The van der Waals surface area contributed by atoms with E-state index in [1.807, 2.05) is 19.1 Å². The fourth-order valence-corrected chi connectivity index (χ4v) is 1.03. The highest BCUT2D eigenvalue weighted by Crippen LogP contribution is 2.07. The van der Waals surface area contributed by atoms with Crippen molar-refractivity contribution in [2.24, 2.45) is 0 Å². The van der Waals surface area contributed by atoms with E-state index in [0.29, 0.717) is 5.57 Å². The number of ether oxygens (including phenoxy) is 1. The van der Waals surface area contributed by atoms with Gasteiger partial charge in [0.15, 0.2) is 0 Å². The number of aliphatic hydroxyl groups excluding tert-OH is 1. The molecule has 0 aromatic rings. The first-order chi connectivity index (χ1) is 8.26. The monoisotopic (exact) mass is 253 g/mol. The van der Waals surface area contributed by atoms with Gasteiger partial charge in [-0.05, 0) is 33.3 Å². The molecule has 18 heavy (non-hydrogen) atoms. The molecule has 0 heterocycles. The molecule has 102 valence electrons. The Hall–Kier alpha value is -1.55. The number of alkyl carbamates (subject to hydrolysis) is 1. The van der Waals surface area contributed by atoms with Crippen LogP contribution >= 0.6 is 0 Å². The summed E-state index contributed by atoms with van der Waals surface area (Å²) in [7, 11) is 0. The van der Waals surface area contributed by atoms with Crippen molar-refractivity contribution in [3.63, 3.8) is 0 Å². The Morgan fingerprint density at radius 1 is 1.44 bits per heavy atom. The molecule has 0 fully saturated rings. The highest BCUT2D eigenvalue weighted by molar-refractivity contribution is 5.67. The highest BCUT2D eigenvalue weighted by atomic mass is 16.6. The van der Waals surface area contributed by atoms with Crippen molar-refractivity contribution >= 4 is 6.09 Å². The van der Waals surface area contributed by atoms with Crippen molar-refractivity contribution in [2.45, 2.75) is 39.4 Å². The Labute approximate surface area is 109 Å². The zero-order chi connectivity index (χ0) is 14.2. The van der Waals surface area contributed by atoms with Crippen LogP contribution in [0.25, 0.3) is 0 Å². The molecular formula is C14H23NO3. The van der Waals surface area contributed by atoms with E-state index < -0.39 is 17.8 Å². The lowest BCUT2D eigenvalue weighted by atomic mass is 10.1. The van der Waals surface area contributed by atoms with E-state index in [2.05, 4.69) is 11.9 Å². The molecule has 0 rings (SSSR count). The first-order valence-corrected chi connectivity index (χ1v) is 5.89. The van der Waals surface area contributed by atoms with Gasteiger partial charge in [0.05, 0.1) is 12.6 Å². The quantitative estimate of drug-likeness (QED) is 0.740. The molecule has 1 atom stereocenters. The SMILES string of the molecule is C=C(/C=C\C=C/C)C(O)CNC(=O)OC(C)(C)C. The van der Waals surface area contributed by atoms with Gasteiger partial charge in [-0.25, -0.2) is 4.79 Å². The van der Waals surface area contributed by atoms with Crippen LogP contribution in [-0.2, 0) is 4.74 Å². The topological polar surface area (TPSA) is 58.6 Å². The van der Waals surface area contributed by atoms with Crippen molar-refractivity contribution in [1.82, 2.24) is 5.32 Å². The predicted octanol–water partition coefficient (Wildman–Crippen LogP) is 2.56. The van der Waals surface area contributed by atoms with Crippen LogP contribution < -0.4 is 5.32 Å². The molecule has 0 bridgehead atoms. The molecule has 0 aliphatic carbocycles. The summed E-state index contributed by atoms with van der Waals surface area (Å²) in [6.45, 7) is 11.0. The fraction of sp³-hybridized carbons (Fsp3) is 0.500. The summed E-state index contributed by atoms with van der Waals surface area (Å²) >= 11 is 0. The third kappa shape index (κ3) is 8.58. The standard InChI is InChI=1S/C14H23NO3/c1-6-7-8-9-11(2)12(16)10-15-13(17)18-14(3,4)5/h6-9,12,16H,2,10H2,1,3-5H3,(H,15,17)/b7-6-,9-8-. The predicted molar refractivity (Wildman–Crippen MR) is 73.3 cm³/mol. The minimum Gasteiger partial charge on any atom is -0.444 e. The summed E-state index contributed by atoms with van der Waals surface area (Å²) in [6, 6.07) is 0. The first kappa shape index (κ1) is 16.4. The van der Waals surface area contributed by atoms with E-state index in [1.54, 1.807) is 32.9 Å². The van der Waals surface area contributed by atoms with Crippen LogP contribution in [0, 0.1) is 0 Å². The summed E-state index contributed by atoms with van der Waals surface area (Å²) in [6.07, 6.45) is 5.81. The molecule has 0 aliphatic rings. The Kier molecular flexibility index (Phi) is 7.05. The maximum atomic E-state index is 11.3. The van der Waals surface area contributed by atoms with E-state index in [-0.39, 0.29) is 6.54 Å². The second kappa shape index (κ2) is 7.71. The number of rotatable bonds is 5. The summed E-state index contributed by atoms with van der Waals surface area (Å²) in [5.74, 6) is 0. The number of carbonyl (C=O) groups excluding carboxylic acids is 1. The number of amides is 1. The van der Waals surface area contributed by atoms with Gasteiger partial charge in [0.25, 0.3) is 0 Å². The summed E-state index contributed by atoms with van der Waals surface area (Å²) in [5.41, 5.74) is -0.0122. The second-order valence-electron chi connectivity index (χ2n) is 4.86. The molecule has 1 unspecified atom stereocenters. The molecule has 0 aliphatic heterocycles. The van der Waals surface area contributed by atoms with Crippen molar-refractivity contribution in [3.8, 4) is 0 Å². The Balaban J connectivity index is 4.06. The molecule has 0 radical (unpaired) electrons. The zero-order valence-corrected chi connectivity index (χ0v) is 11.6. The number of nitrogens with one attached hydrogen (secondary N) is 1. The van der Waals surface area contributed by atoms with Crippen molar-refractivity contribution in [1.29, 1.82) is 0 Å². The van der Waals surface area contributed by atoms with Crippen LogP contribution in [0.1, 0.15) is 27.7 Å². The van der Waals surface area contributed by atoms with Crippen LogP contribution in [0.4, 0.5) is 4.79 Å². The Morgan fingerprint density at radius 3 is 2.56 bits per heavy atom. The molecule has 0 saturated carbocycles. The van der Waals surface area contributed by atoms with E-state index in [0.717, 1.165) is 0 Å². The van der Waals surface area contributed by atoms with Crippen LogP contribution in [-0.4, -0.2) is 29.4 Å². The average Bonchev–Trinajstić information content (AvgIpc) is 2.23. The summed E-state index contributed by atoms with van der Waals surface area (Å²) in [4.78, 5) is 11.3. The number of hydrogen-bond donors (Lipinski definition) is 2. The number of allylic oxidation sites excluding steroid dienone is 3. The molecular weight excluding hydrogens is 230 g/mol. The number of hydrogen-bond acceptors (Lipinski definition) is 3. The fourth-order valence-electron chi connectivity index (χ4n) is 1.03. The van der Waals surface area contributed by atoms with Gasteiger partial charge < -0.3 is 15.2 Å². The lowest BCUT2D eigenvalue weighted by Gasteiger charge is -2.20. The lowest BCUT2D eigenvalue weighted by Crippen LogP contribution is -2.37. The number of aliphatic hydroxyl groups is 1. The van der Waals surface area contributed by atoms with Gasteiger partial charge in [0.1, 0.15) is 5.60 Å². The van der Waals surface area contributed by atoms with Crippen molar-refractivity contribution in [2.75, 3.05) is 6.54 Å². The minimum absolute atomic E-state index is 0.0773. The van der Waals surface area contributed by atoms with Crippen LogP contribution in [0.5, 0.6) is 0 Å². The lowest BCUT2D eigenvalue weighted by molar-refractivity contribution is 0.0503. The van der Waals surface area contributed by atoms with Gasteiger partial charge in [0.2, 0.25) is 0 Å². The molecule has 0 aromatic carbocycles. The molecule has 0 saturated heterocycles. The van der Waals surface area contributed by atoms with Gasteiger partial charge in [-0.2, -0.15) is 0 Å². The third-order valence-electron chi connectivity index (χ3n) is 1.88.